The van der Waals surface area contributed by atoms with Gasteiger partial charge in [-0.1, -0.05) is 0 Å². The first kappa shape index (κ1) is 16.9. The zero-order valence-electron chi connectivity index (χ0n) is 12.5. The highest BCUT2D eigenvalue weighted by Gasteiger charge is 2.43. The van der Waals surface area contributed by atoms with Gasteiger partial charge in [-0.3, -0.25) is 0 Å². The van der Waals surface area contributed by atoms with E-state index in [4.69, 9.17) is 4.74 Å². The molecule has 1 fully saturated rings. The molecule has 0 radical (unpaired) electrons. The van der Waals surface area contributed by atoms with Crippen LogP contribution in [0.1, 0.15) is 27.7 Å². The molecule has 0 N–H and O–H groups in total. The molecule has 1 saturated heterocycles. The first-order valence-electron chi connectivity index (χ1n) is 6.58. The van der Waals surface area contributed by atoms with Crippen molar-refractivity contribution in [2.45, 2.75) is 43.8 Å². The van der Waals surface area contributed by atoms with E-state index in [1.807, 2.05) is 27.7 Å². The SMILES string of the molecule is CC1(C)CN(S(=O)(=O)c2ccc(F)cc2Br)CC(C)(C)O1. The minimum absolute atomic E-state index is 0.0670. The van der Waals surface area contributed by atoms with E-state index in [9.17, 15) is 12.8 Å². The third-order valence-electron chi connectivity index (χ3n) is 3.18. The maximum absolute atomic E-state index is 13.2. The third kappa shape index (κ3) is 3.64. The lowest BCUT2D eigenvalue weighted by atomic mass is 10.0. The molecule has 1 aliphatic heterocycles. The fourth-order valence-corrected chi connectivity index (χ4v) is 5.46. The van der Waals surface area contributed by atoms with Gasteiger partial charge in [-0.15, -0.1) is 0 Å². The van der Waals surface area contributed by atoms with Crippen LogP contribution in [-0.2, 0) is 14.8 Å². The highest BCUT2D eigenvalue weighted by Crippen LogP contribution is 2.33. The number of hydrogen-bond acceptors (Lipinski definition) is 3. The van der Waals surface area contributed by atoms with Gasteiger partial charge in [0.2, 0.25) is 10.0 Å². The molecular weight excluding hydrogens is 361 g/mol. The van der Waals surface area contributed by atoms with Crippen LogP contribution < -0.4 is 0 Å². The van der Waals surface area contributed by atoms with Crippen molar-refractivity contribution in [2.24, 2.45) is 0 Å². The zero-order valence-corrected chi connectivity index (χ0v) is 14.9. The van der Waals surface area contributed by atoms with Gasteiger partial charge in [0.25, 0.3) is 0 Å². The zero-order chi connectivity index (χ0) is 16.1. The summed E-state index contributed by atoms with van der Waals surface area (Å²) in [5.74, 6) is -0.483. The topological polar surface area (TPSA) is 46.6 Å². The molecule has 7 heteroatoms. The first-order chi connectivity index (χ1) is 9.43. The summed E-state index contributed by atoms with van der Waals surface area (Å²) < 4.78 is 46.3. The quantitative estimate of drug-likeness (QED) is 0.792. The summed E-state index contributed by atoms with van der Waals surface area (Å²) in [5, 5.41) is 0. The maximum Gasteiger partial charge on any atom is 0.244 e. The Morgan fingerprint density at radius 1 is 1.19 bits per heavy atom. The van der Waals surface area contributed by atoms with Crippen LogP contribution in [0.5, 0.6) is 0 Å². The molecule has 1 aliphatic rings. The molecule has 0 unspecified atom stereocenters. The molecule has 0 spiro atoms. The molecule has 0 aromatic heterocycles. The second-order valence-corrected chi connectivity index (χ2v) is 9.23. The molecule has 0 aliphatic carbocycles. The predicted octanol–water partition coefficient (Wildman–Crippen LogP) is 3.17. The smallest absolute Gasteiger partial charge is 0.244 e. The average molecular weight is 380 g/mol. The van der Waals surface area contributed by atoms with Gasteiger partial charge in [-0.25, -0.2) is 12.8 Å². The van der Waals surface area contributed by atoms with Gasteiger partial charge >= 0.3 is 0 Å². The summed E-state index contributed by atoms with van der Waals surface area (Å²) in [4.78, 5) is 0.0670. The Bertz CT molecular complexity index is 642. The van der Waals surface area contributed by atoms with Crippen molar-refractivity contribution >= 4 is 26.0 Å². The van der Waals surface area contributed by atoms with E-state index in [1.54, 1.807) is 0 Å². The summed E-state index contributed by atoms with van der Waals surface area (Å²) in [5.41, 5.74) is -1.16. The Labute approximate surface area is 133 Å². The van der Waals surface area contributed by atoms with Crippen molar-refractivity contribution in [1.29, 1.82) is 0 Å². The van der Waals surface area contributed by atoms with Crippen LogP contribution in [0.4, 0.5) is 4.39 Å². The lowest BCUT2D eigenvalue weighted by Gasteiger charge is -2.46. The summed E-state index contributed by atoms with van der Waals surface area (Å²) >= 11 is 3.13. The second kappa shape index (κ2) is 5.30. The molecule has 0 amide bonds. The normalized spacial score (nSPS) is 22.2. The Morgan fingerprint density at radius 2 is 1.71 bits per heavy atom. The van der Waals surface area contributed by atoms with E-state index in [0.29, 0.717) is 0 Å². The van der Waals surface area contributed by atoms with Gasteiger partial charge in [-0.05, 0) is 61.8 Å². The fourth-order valence-electron chi connectivity index (χ4n) is 2.71. The number of ether oxygens (including phenoxy) is 1. The van der Waals surface area contributed by atoms with Gasteiger partial charge in [0.1, 0.15) is 5.82 Å². The van der Waals surface area contributed by atoms with Gasteiger partial charge in [0.15, 0.2) is 0 Å². The highest BCUT2D eigenvalue weighted by molar-refractivity contribution is 9.10. The van der Waals surface area contributed by atoms with Crippen molar-refractivity contribution in [3.8, 4) is 0 Å². The highest BCUT2D eigenvalue weighted by atomic mass is 79.9. The van der Waals surface area contributed by atoms with E-state index in [-0.39, 0.29) is 22.5 Å². The Hall–Kier alpha value is -0.500. The van der Waals surface area contributed by atoms with Gasteiger partial charge < -0.3 is 4.74 Å². The fraction of sp³-hybridized carbons (Fsp3) is 0.571. The molecule has 0 saturated carbocycles. The van der Waals surface area contributed by atoms with Crippen LogP contribution in [0.3, 0.4) is 0 Å². The number of benzene rings is 1. The van der Waals surface area contributed by atoms with Gasteiger partial charge in [0, 0.05) is 17.6 Å². The number of morpholine rings is 1. The third-order valence-corrected chi connectivity index (χ3v) is 5.95. The van der Waals surface area contributed by atoms with E-state index < -0.39 is 27.0 Å². The average Bonchev–Trinajstić information content (AvgIpc) is 2.23. The number of hydrogen-bond donors (Lipinski definition) is 0. The molecule has 1 aromatic rings. The minimum atomic E-state index is -3.71. The summed E-state index contributed by atoms with van der Waals surface area (Å²) in [7, 11) is -3.71. The van der Waals surface area contributed by atoms with Crippen LogP contribution >= 0.6 is 15.9 Å². The molecule has 1 aromatic carbocycles. The van der Waals surface area contributed by atoms with Crippen molar-refractivity contribution in [3.05, 3.63) is 28.5 Å². The lowest BCUT2D eigenvalue weighted by molar-refractivity contribution is -0.163. The maximum atomic E-state index is 13.2. The molecule has 2 rings (SSSR count). The number of sulfonamides is 1. The lowest BCUT2D eigenvalue weighted by Crippen LogP contribution is -2.58. The van der Waals surface area contributed by atoms with E-state index in [1.165, 1.54) is 10.4 Å². The standard InChI is InChI=1S/C14H19BrFNO3S/c1-13(2)8-17(9-14(3,4)20-13)21(18,19)12-6-5-10(16)7-11(12)15/h5-7H,8-9H2,1-4H3. The van der Waals surface area contributed by atoms with E-state index >= 15 is 0 Å². The van der Waals surface area contributed by atoms with Crippen molar-refractivity contribution in [1.82, 2.24) is 4.31 Å². The molecule has 21 heavy (non-hydrogen) atoms. The van der Waals surface area contributed by atoms with Gasteiger partial charge in [-0.2, -0.15) is 4.31 Å². The molecule has 118 valence electrons. The largest absolute Gasteiger partial charge is 0.367 e. The van der Waals surface area contributed by atoms with Crippen molar-refractivity contribution < 1.29 is 17.5 Å². The summed E-state index contributed by atoms with van der Waals surface area (Å²) in [6, 6.07) is 3.59. The van der Waals surface area contributed by atoms with E-state index in [2.05, 4.69) is 15.9 Å². The minimum Gasteiger partial charge on any atom is -0.367 e. The summed E-state index contributed by atoms with van der Waals surface area (Å²) in [6.45, 7) is 7.93. The summed E-state index contributed by atoms with van der Waals surface area (Å²) in [6.07, 6.45) is 0. The van der Waals surface area contributed by atoms with Crippen molar-refractivity contribution in [3.63, 3.8) is 0 Å². The van der Waals surface area contributed by atoms with Crippen molar-refractivity contribution in [2.75, 3.05) is 13.1 Å². The van der Waals surface area contributed by atoms with E-state index in [0.717, 1.165) is 12.1 Å². The van der Waals surface area contributed by atoms with Crippen LogP contribution in [0.15, 0.2) is 27.6 Å². The molecule has 0 atom stereocenters. The first-order valence-corrected chi connectivity index (χ1v) is 8.82. The number of halogens is 2. The monoisotopic (exact) mass is 379 g/mol. The number of nitrogens with zero attached hydrogens (tertiary/aromatic N) is 1. The predicted molar refractivity (Wildman–Crippen MR) is 82.1 cm³/mol. The van der Waals surface area contributed by atoms with Gasteiger partial charge in [0.05, 0.1) is 16.1 Å². The number of rotatable bonds is 2. The Kier molecular flexibility index (Phi) is 4.25. The van der Waals surface area contributed by atoms with Crippen LogP contribution in [-0.4, -0.2) is 37.0 Å². The molecular formula is C14H19BrFNO3S. The van der Waals surface area contributed by atoms with Crippen LogP contribution in [0.2, 0.25) is 0 Å². The Morgan fingerprint density at radius 3 is 2.19 bits per heavy atom. The van der Waals surface area contributed by atoms with Crippen LogP contribution in [0.25, 0.3) is 0 Å². The molecule has 0 bridgehead atoms. The van der Waals surface area contributed by atoms with Crippen LogP contribution in [0, 0.1) is 5.82 Å². The molecule has 1 heterocycles. The second-order valence-electron chi connectivity index (χ2n) is 6.47. The molecule has 4 nitrogen and oxygen atoms in total. The Balaban J connectivity index is 2.43.